The number of rotatable bonds is 13. The number of nitrogens with one attached hydrogen (secondary N) is 1. The molecule has 0 spiro atoms. The van der Waals surface area contributed by atoms with Crippen LogP contribution in [0.3, 0.4) is 0 Å². The van der Waals surface area contributed by atoms with Crippen LogP contribution in [0.1, 0.15) is 25.8 Å². The van der Waals surface area contributed by atoms with Gasteiger partial charge in [-0.3, -0.25) is 13.9 Å². The number of hydrogen-bond donors (Lipinski definition) is 1. The molecule has 226 valence electrons. The van der Waals surface area contributed by atoms with Crippen LogP contribution < -0.4 is 19.1 Å². The van der Waals surface area contributed by atoms with Gasteiger partial charge in [-0.1, -0.05) is 36.2 Å². The van der Waals surface area contributed by atoms with Crippen LogP contribution in [0.4, 0.5) is 10.1 Å². The third kappa shape index (κ3) is 7.84. The van der Waals surface area contributed by atoms with Crippen molar-refractivity contribution in [2.24, 2.45) is 0 Å². The van der Waals surface area contributed by atoms with Crippen LogP contribution in [-0.2, 0) is 26.2 Å². The summed E-state index contributed by atoms with van der Waals surface area (Å²) in [6.07, 6.45) is 0.678. The van der Waals surface area contributed by atoms with Gasteiger partial charge < -0.3 is 19.7 Å². The van der Waals surface area contributed by atoms with E-state index in [4.69, 9.17) is 32.7 Å². The van der Waals surface area contributed by atoms with Crippen LogP contribution in [0.15, 0.2) is 65.6 Å². The van der Waals surface area contributed by atoms with Crippen LogP contribution in [0, 0.1) is 5.82 Å². The molecule has 1 atom stereocenters. The number of anilines is 1. The molecule has 0 aromatic heterocycles. The van der Waals surface area contributed by atoms with Crippen molar-refractivity contribution in [3.05, 3.63) is 82.1 Å². The molecule has 0 heterocycles. The highest BCUT2D eigenvalue weighted by atomic mass is 35.5. The van der Waals surface area contributed by atoms with Gasteiger partial charge in [-0.2, -0.15) is 0 Å². The van der Waals surface area contributed by atoms with Crippen molar-refractivity contribution in [1.29, 1.82) is 0 Å². The Bertz CT molecular complexity index is 1520. The van der Waals surface area contributed by atoms with E-state index >= 15 is 0 Å². The molecule has 1 N–H and O–H groups in total. The second kappa shape index (κ2) is 14.6. The van der Waals surface area contributed by atoms with Crippen molar-refractivity contribution in [2.75, 3.05) is 31.6 Å². The molecule has 13 heteroatoms. The standard InChI is InChI=1S/C29H32Cl2FN3O6S/c1-5-14-33-29(37)19(2)34(17-20-6-7-21(30)15-25(20)31)28(36)18-35(23-10-8-22(32)9-11-23)42(38,39)24-12-13-26(40-3)27(16-24)41-4/h6-13,15-16,19H,5,14,17-18H2,1-4H3,(H,33,37)/t19-/m1/s1. The Balaban J connectivity index is 2.07. The van der Waals surface area contributed by atoms with Gasteiger partial charge in [0.1, 0.15) is 18.4 Å². The Morgan fingerprint density at radius 2 is 1.64 bits per heavy atom. The van der Waals surface area contributed by atoms with Crippen molar-refractivity contribution < 1.29 is 31.9 Å². The number of nitrogens with zero attached hydrogens (tertiary/aromatic N) is 2. The third-order valence-corrected chi connectivity index (χ3v) is 8.77. The lowest BCUT2D eigenvalue weighted by atomic mass is 10.1. The molecule has 0 aliphatic carbocycles. The fraction of sp³-hybridized carbons (Fsp3) is 0.310. The second-order valence-corrected chi connectivity index (χ2v) is 11.9. The molecule has 3 rings (SSSR count). The largest absolute Gasteiger partial charge is 0.493 e. The van der Waals surface area contributed by atoms with E-state index in [0.717, 1.165) is 16.4 Å². The van der Waals surface area contributed by atoms with Gasteiger partial charge in [-0.15, -0.1) is 0 Å². The number of ether oxygens (including phenoxy) is 2. The number of carbonyl (C=O) groups excluding carboxylic acids is 2. The molecule has 0 radical (unpaired) electrons. The van der Waals surface area contributed by atoms with Crippen molar-refractivity contribution >= 4 is 50.7 Å². The normalized spacial score (nSPS) is 11.9. The average Bonchev–Trinajstić information content (AvgIpc) is 2.97. The predicted molar refractivity (Wildman–Crippen MR) is 160 cm³/mol. The molecule has 9 nitrogen and oxygen atoms in total. The van der Waals surface area contributed by atoms with E-state index in [1.165, 1.54) is 62.4 Å². The van der Waals surface area contributed by atoms with E-state index in [1.807, 2.05) is 6.92 Å². The van der Waals surface area contributed by atoms with E-state index in [9.17, 15) is 22.4 Å². The molecule has 0 saturated carbocycles. The Morgan fingerprint density at radius 3 is 2.24 bits per heavy atom. The van der Waals surface area contributed by atoms with E-state index in [2.05, 4.69) is 5.32 Å². The number of halogens is 3. The molecule has 0 bridgehead atoms. The molecule has 3 aromatic rings. The van der Waals surface area contributed by atoms with Gasteiger partial charge in [0.2, 0.25) is 11.8 Å². The molecular formula is C29H32Cl2FN3O6S. The van der Waals surface area contributed by atoms with E-state index in [1.54, 1.807) is 12.1 Å². The molecule has 2 amide bonds. The molecule has 3 aromatic carbocycles. The fourth-order valence-electron chi connectivity index (χ4n) is 4.05. The highest BCUT2D eigenvalue weighted by Crippen LogP contribution is 2.32. The lowest BCUT2D eigenvalue weighted by Gasteiger charge is -2.32. The Labute approximate surface area is 255 Å². The maximum absolute atomic E-state index is 14.0. The SMILES string of the molecule is CCCNC(=O)[C@@H](C)N(Cc1ccc(Cl)cc1Cl)C(=O)CN(c1ccc(F)cc1)S(=O)(=O)c1ccc(OC)c(OC)c1. The number of benzene rings is 3. The maximum atomic E-state index is 14.0. The zero-order valence-electron chi connectivity index (χ0n) is 23.6. The number of amides is 2. The Morgan fingerprint density at radius 1 is 0.976 bits per heavy atom. The third-order valence-electron chi connectivity index (χ3n) is 6.41. The quantitative estimate of drug-likeness (QED) is 0.273. The molecule has 0 aliphatic rings. The van der Waals surface area contributed by atoms with Crippen molar-refractivity contribution in [3.63, 3.8) is 0 Å². The maximum Gasteiger partial charge on any atom is 0.264 e. The van der Waals surface area contributed by atoms with Crippen molar-refractivity contribution in [2.45, 2.75) is 37.8 Å². The highest BCUT2D eigenvalue weighted by molar-refractivity contribution is 7.92. The summed E-state index contributed by atoms with van der Waals surface area (Å²) in [4.78, 5) is 28.0. The van der Waals surface area contributed by atoms with Gasteiger partial charge in [0.15, 0.2) is 11.5 Å². The van der Waals surface area contributed by atoms with Crippen LogP contribution in [0.25, 0.3) is 0 Å². The van der Waals surface area contributed by atoms with E-state index in [-0.39, 0.29) is 27.9 Å². The van der Waals surface area contributed by atoms with Gasteiger partial charge in [0.05, 0.1) is 24.8 Å². The summed E-state index contributed by atoms with van der Waals surface area (Å²) in [6.45, 7) is 3.00. The number of carbonyl (C=O) groups is 2. The summed E-state index contributed by atoms with van der Waals surface area (Å²) in [6, 6.07) is 12.4. The summed E-state index contributed by atoms with van der Waals surface area (Å²) in [5, 5.41) is 3.42. The van der Waals surface area contributed by atoms with E-state index in [0.29, 0.717) is 29.3 Å². The molecule has 0 unspecified atom stereocenters. The van der Waals surface area contributed by atoms with Crippen molar-refractivity contribution in [3.8, 4) is 11.5 Å². The zero-order chi connectivity index (χ0) is 31.0. The average molecular weight is 641 g/mol. The van der Waals surface area contributed by atoms with Gasteiger partial charge in [0, 0.05) is 29.2 Å². The zero-order valence-corrected chi connectivity index (χ0v) is 25.9. The Kier molecular flexibility index (Phi) is 11.4. The van der Waals surface area contributed by atoms with Crippen molar-refractivity contribution in [1.82, 2.24) is 10.2 Å². The smallest absolute Gasteiger partial charge is 0.264 e. The Hall–Kier alpha value is -3.54. The van der Waals surface area contributed by atoms with Gasteiger partial charge >= 0.3 is 0 Å². The first-order valence-corrected chi connectivity index (χ1v) is 15.1. The highest BCUT2D eigenvalue weighted by Gasteiger charge is 2.33. The first-order valence-electron chi connectivity index (χ1n) is 12.9. The van der Waals surface area contributed by atoms with Gasteiger partial charge in [-0.25, -0.2) is 12.8 Å². The van der Waals surface area contributed by atoms with Crippen LogP contribution in [-0.4, -0.2) is 58.5 Å². The topological polar surface area (TPSA) is 105 Å². The summed E-state index contributed by atoms with van der Waals surface area (Å²) < 4.78 is 53.1. The molecular weight excluding hydrogens is 608 g/mol. The lowest BCUT2D eigenvalue weighted by Crippen LogP contribution is -2.51. The minimum atomic E-state index is -4.42. The fourth-order valence-corrected chi connectivity index (χ4v) is 5.95. The number of hydrogen-bond acceptors (Lipinski definition) is 6. The van der Waals surface area contributed by atoms with Gasteiger partial charge in [-0.05, 0) is 67.4 Å². The molecule has 0 fully saturated rings. The summed E-state index contributed by atoms with van der Waals surface area (Å²) in [7, 11) is -1.64. The molecule has 42 heavy (non-hydrogen) atoms. The summed E-state index contributed by atoms with van der Waals surface area (Å²) >= 11 is 12.4. The van der Waals surface area contributed by atoms with Crippen LogP contribution in [0.5, 0.6) is 11.5 Å². The van der Waals surface area contributed by atoms with E-state index < -0.39 is 40.2 Å². The summed E-state index contributed by atoms with van der Waals surface area (Å²) in [5.41, 5.74) is 0.535. The summed E-state index contributed by atoms with van der Waals surface area (Å²) in [5.74, 6) is -1.25. The van der Waals surface area contributed by atoms with Crippen LogP contribution in [0.2, 0.25) is 10.0 Å². The molecule has 0 aliphatic heterocycles. The number of methoxy groups -OCH3 is 2. The lowest BCUT2D eigenvalue weighted by molar-refractivity contribution is -0.139. The first-order chi connectivity index (χ1) is 19.9. The van der Waals surface area contributed by atoms with Crippen LogP contribution >= 0.6 is 23.2 Å². The second-order valence-electron chi connectivity index (χ2n) is 9.23. The molecule has 0 saturated heterocycles. The first kappa shape index (κ1) is 33.0. The minimum absolute atomic E-state index is 0.0343. The minimum Gasteiger partial charge on any atom is -0.493 e. The monoisotopic (exact) mass is 639 g/mol. The number of sulfonamides is 1. The van der Waals surface area contributed by atoms with Gasteiger partial charge in [0.25, 0.3) is 10.0 Å². The predicted octanol–water partition coefficient (Wildman–Crippen LogP) is 5.29.